The number of aryl methyl sites for hydroxylation is 1. The second-order valence-corrected chi connectivity index (χ2v) is 6.04. The molecule has 1 fully saturated rings. The molecule has 0 bridgehead atoms. The summed E-state index contributed by atoms with van der Waals surface area (Å²) in [5, 5.41) is 6.50. The van der Waals surface area contributed by atoms with Crippen molar-refractivity contribution >= 4 is 5.91 Å². The van der Waals surface area contributed by atoms with Crippen LogP contribution in [-0.2, 0) is 22.4 Å². The second-order valence-electron chi connectivity index (χ2n) is 6.04. The summed E-state index contributed by atoms with van der Waals surface area (Å²) < 4.78 is 5.30. The van der Waals surface area contributed by atoms with Gasteiger partial charge in [0.15, 0.2) is 0 Å². The predicted molar refractivity (Wildman–Crippen MR) is 82.2 cm³/mol. The number of carbonyl (C=O) groups is 1. The fourth-order valence-corrected chi connectivity index (χ4v) is 3.23. The first kappa shape index (κ1) is 14.5. The number of fused-ring (bicyclic) bond motifs is 1. The minimum atomic E-state index is 0.112. The Morgan fingerprint density at radius 1 is 1.10 bits per heavy atom. The van der Waals surface area contributed by atoms with Gasteiger partial charge in [-0.2, -0.15) is 0 Å². The minimum Gasteiger partial charge on any atom is -0.381 e. The van der Waals surface area contributed by atoms with Crippen molar-refractivity contribution < 1.29 is 9.53 Å². The molecule has 4 heteroatoms. The van der Waals surface area contributed by atoms with Crippen LogP contribution in [0.15, 0.2) is 24.3 Å². The maximum atomic E-state index is 12.0. The minimum absolute atomic E-state index is 0.112. The number of hydrogen-bond acceptors (Lipinski definition) is 3. The van der Waals surface area contributed by atoms with Crippen LogP contribution in [0, 0.1) is 0 Å². The van der Waals surface area contributed by atoms with Crippen molar-refractivity contribution in [2.24, 2.45) is 0 Å². The summed E-state index contributed by atoms with van der Waals surface area (Å²) in [5.74, 6) is 0.112. The van der Waals surface area contributed by atoms with Gasteiger partial charge in [-0.1, -0.05) is 24.3 Å². The number of rotatable bonds is 4. The van der Waals surface area contributed by atoms with E-state index in [1.165, 1.54) is 11.1 Å². The zero-order valence-corrected chi connectivity index (χ0v) is 12.4. The lowest BCUT2D eigenvalue weighted by molar-refractivity contribution is -0.121. The molecule has 1 aliphatic heterocycles. The van der Waals surface area contributed by atoms with E-state index in [1.807, 2.05) is 0 Å². The predicted octanol–water partition coefficient (Wildman–Crippen LogP) is 1.43. The molecule has 0 radical (unpaired) electrons. The van der Waals surface area contributed by atoms with Gasteiger partial charge in [0.25, 0.3) is 0 Å². The Labute approximate surface area is 126 Å². The third kappa shape index (κ3) is 4.05. The van der Waals surface area contributed by atoms with Crippen molar-refractivity contribution in [3.05, 3.63) is 35.4 Å². The van der Waals surface area contributed by atoms with Gasteiger partial charge < -0.3 is 15.4 Å². The van der Waals surface area contributed by atoms with Gasteiger partial charge in [0.05, 0.1) is 6.54 Å². The fourth-order valence-electron chi connectivity index (χ4n) is 3.23. The summed E-state index contributed by atoms with van der Waals surface area (Å²) >= 11 is 0. The first-order valence-corrected chi connectivity index (χ1v) is 7.98. The number of nitrogens with one attached hydrogen (secondary N) is 2. The molecule has 0 spiro atoms. The van der Waals surface area contributed by atoms with Crippen LogP contribution in [0.4, 0.5) is 0 Å². The highest BCUT2D eigenvalue weighted by molar-refractivity contribution is 5.78. The lowest BCUT2D eigenvalue weighted by Gasteiger charge is -2.26. The topological polar surface area (TPSA) is 50.4 Å². The molecule has 1 unspecified atom stereocenters. The molecule has 1 amide bonds. The van der Waals surface area contributed by atoms with Crippen molar-refractivity contribution in [1.29, 1.82) is 0 Å². The monoisotopic (exact) mass is 288 g/mol. The van der Waals surface area contributed by atoms with Crippen molar-refractivity contribution in [3.8, 4) is 0 Å². The quantitative estimate of drug-likeness (QED) is 0.881. The maximum Gasteiger partial charge on any atom is 0.234 e. The van der Waals surface area contributed by atoms with Crippen LogP contribution >= 0.6 is 0 Å². The summed E-state index contributed by atoms with van der Waals surface area (Å²) in [4.78, 5) is 12.0. The molecule has 114 valence electrons. The third-order valence-electron chi connectivity index (χ3n) is 4.48. The van der Waals surface area contributed by atoms with Crippen molar-refractivity contribution in [2.75, 3.05) is 19.8 Å². The van der Waals surface area contributed by atoms with E-state index < -0.39 is 0 Å². The molecule has 2 aliphatic rings. The van der Waals surface area contributed by atoms with Crippen LogP contribution in [0.2, 0.25) is 0 Å². The first-order valence-electron chi connectivity index (χ1n) is 7.98. The van der Waals surface area contributed by atoms with E-state index in [0.717, 1.165) is 45.3 Å². The van der Waals surface area contributed by atoms with Gasteiger partial charge in [-0.05, 0) is 43.2 Å². The molecule has 3 rings (SSSR count). The molecule has 0 saturated carbocycles. The molecule has 1 atom stereocenters. The SMILES string of the molecule is O=C(CNC1CCc2ccccc2C1)NC1CCOCC1. The van der Waals surface area contributed by atoms with E-state index in [1.54, 1.807) is 0 Å². The van der Waals surface area contributed by atoms with Crippen LogP contribution in [-0.4, -0.2) is 37.7 Å². The summed E-state index contributed by atoms with van der Waals surface area (Å²) in [6, 6.07) is 9.32. The highest BCUT2D eigenvalue weighted by Crippen LogP contribution is 2.20. The summed E-state index contributed by atoms with van der Waals surface area (Å²) in [5.41, 5.74) is 2.88. The van der Waals surface area contributed by atoms with Gasteiger partial charge in [-0.3, -0.25) is 4.79 Å². The second kappa shape index (κ2) is 7.05. The van der Waals surface area contributed by atoms with E-state index in [-0.39, 0.29) is 5.91 Å². The summed E-state index contributed by atoms with van der Waals surface area (Å²) in [6.45, 7) is 1.94. The van der Waals surface area contributed by atoms with E-state index in [0.29, 0.717) is 18.6 Å². The van der Waals surface area contributed by atoms with E-state index in [4.69, 9.17) is 4.74 Å². The standard InChI is InChI=1S/C17H24N2O2/c20-17(19-15-7-9-21-10-8-15)12-18-16-6-5-13-3-1-2-4-14(13)11-16/h1-4,15-16,18H,5-12H2,(H,19,20). The molecule has 4 nitrogen and oxygen atoms in total. The maximum absolute atomic E-state index is 12.0. The zero-order chi connectivity index (χ0) is 14.5. The van der Waals surface area contributed by atoms with Crippen LogP contribution < -0.4 is 10.6 Å². The fraction of sp³-hybridized carbons (Fsp3) is 0.588. The smallest absolute Gasteiger partial charge is 0.234 e. The average molecular weight is 288 g/mol. The van der Waals surface area contributed by atoms with Crippen molar-refractivity contribution in [1.82, 2.24) is 10.6 Å². The summed E-state index contributed by atoms with van der Waals surface area (Å²) in [7, 11) is 0. The highest BCUT2D eigenvalue weighted by Gasteiger charge is 2.20. The molecule has 21 heavy (non-hydrogen) atoms. The largest absolute Gasteiger partial charge is 0.381 e. The van der Waals surface area contributed by atoms with Crippen LogP contribution in [0.1, 0.15) is 30.4 Å². The van der Waals surface area contributed by atoms with Crippen LogP contribution in [0.5, 0.6) is 0 Å². The number of hydrogen-bond donors (Lipinski definition) is 2. The van der Waals surface area contributed by atoms with E-state index in [9.17, 15) is 4.79 Å². The molecule has 1 saturated heterocycles. The van der Waals surface area contributed by atoms with Crippen molar-refractivity contribution in [3.63, 3.8) is 0 Å². The first-order chi connectivity index (χ1) is 10.3. The van der Waals surface area contributed by atoms with Gasteiger partial charge in [0.1, 0.15) is 0 Å². The molecule has 1 aromatic rings. The van der Waals surface area contributed by atoms with Gasteiger partial charge in [-0.25, -0.2) is 0 Å². The van der Waals surface area contributed by atoms with Gasteiger partial charge in [0.2, 0.25) is 5.91 Å². The number of ether oxygens (including phenoxy) is 1. The zero-order valence-electron chi connectivity index (χ0n) is 12.4. The number of amides is 1. The molecular weight excluding hydrogens is 264 g/mol. The third-order valence-corrected chi connectivity index (χ3v) is 4.48. The van der Waals surface area contributed by atoms with Crippen LogP contribution in [0.25, 0.3) is 0 Å². The van der Waals surface area contributed by atoms with Gasteiger partial charge in [-0.15, -0.1) is 0 Å². The Morgan fingerprint density at radius 3 is 2.67 bits per heavy atom. The highest BCUT2D eigenvalue weighted by atomic mass is 16.5. The lowest BCUT2D eigenvalue weighted by Crippen LogP contribution is -2.46. The van der Waals surface area contributed by atoms with Crippen LogP contribution in [0.3, 0.4) is 0 Å². The Balaban J connectivity index is 1.42. The molecule has 2 N–H and O–H groups in total. The molecule has 1 heterocycles. The molecule has 1 aromatic carbocycles. The Morgan fingerprint density at radius 2 is 1.86 bits per heavy atom. The molecular formula is C17H24N2O2. The van der Waals surface area contributed by atoms with Gasteiger partial charge >= 0.3 is 0 Å². The van der Waals surface area contributed by atoms with E-state index >= 15 is 0 Å². The Hall–Kier alpha value is -1.39. The van der Waals surface area contributed by atoms with Gasteiger partial charge in [0, 0.05) is 25.3 Å². The lowest BCUT2D eigenvalue weighted by atomic mass is 9.88. The molecule has 1 aliphatic carbocycles. The molecule has 0 aromatic heterocycles. The number of benzene rings is 1. The summed E-state index contributed by atoms with van der Waals surface area (Å²) in [6.07, 6.45) is 5.11. The average Bonchev–Trinajstić information content (AvgIpc) is 2.54. The Bertz CT molecular complexity index is 483. The normalized spacial score (nSPS) is 22.6. The number of carbonyl (C=O) groups excluding carboxylic acids is 1. The van der Waals surface area contributed by atoms with E-state index in [2.05, 4.69) is 34.9 Å². The van der Waals surface area contributed by atoms with Crippen molar-refractivity contribution in [2.45, 2.75) is 44.2 Å². The Kier molecular flexibility index (Phi) is 4.88.